The summed E-state index contributed by atoms with van der Waals surface area (Å²) in [6.07, 6.45) is 0. The Kier molecular flexibility index (Phi) is 11.3. The normalized spacial score (nSPS) is 11.4. The number of hydrogen-bond acceptors (Lipinski definition) is 8. The van der Waals surface area contributed by atoms with Gasteiger partial charge in [0, 0.05) is 22.5 Å². The van der Waals surface area contributed by atoms with Crippen LogP contribution in [0.4, 0.5) is 11.4 Å². The zero-order valence-electron chi connectivity index (χ0n) is 16.1. The van der Waals surface area contributed by atoms with Crippen molar-refractivity contribution in [3.05, 3.63) is 48.5 Å². The van der Waals surface area contributed by atoms with Crippen LogP contribution in [0, 0.1) is 0 Å². The molecule has 0 amide bonds. The Morgan fingerprint density at radius 2 is 1.19 bits per heavy atom. The van der Waals surface area contributed by atoms with Crippen molar-refractivity contribution in [2.45, 2.75) is 9.79 Å². The van der Waals surface area contributed by atoms with E-state index in [1.807, 2.05) is 0 Å². The fraction of sp³-hybridized carbons (Fsp3) is 0. The Morgan fingerprint density at radius 1 is 0.677 bits per heavy atom. The molecule has 15 heteroatoms. The first-order valence-electron chi connectivity index (χ1n) is 7.42. The third-order valence-electron chi connectivity index (χ3n) is 3.74. The molecule has 3 aromatic carbocycles. The average Bonchev–Trinajstić information content (AvgIpc) is 2.60. The van der Waals surface area contributed by atoms with Crippen LogP contribution in [0.2, 0.25) is 0 Å². The first kappa shape index (κ1) is 30.5. The minimum atomic E-state index is -4.53. The van der Waals surface area contributed by atoms with Gasteiger partial charge in [0.1, 0.15) is 22.9 Å². The second-order valence-corrected chi connectivity index (χ2v) is 8.46. The van der Waals surface area contributed by atoms with Gasteiger partial charge in [-0.1, -0.05) is 12.1 Å². The van der Waals surface area contributed by atoms with Crippen LogP contribution in [0.15, 0.2) is 68.6 Å². The standard InChI is InChI=1S/C16H12N2O8S2.Cu.2Na/c19-14-6-3-11(28(24,25)26)8-13(14)17-18-16-12-4-2-10(27(21,22)23)7-9(12)1-5-15(16)20;;;/h1-8,19-20H,(H,21,22,23)(H,24,25,26);;;/q;;2*+1. The van der Waals surface area contributed by atoms with Gasteiger partial charge < -0.3 is 10.2 Å². The molecule has 10 nitrogen and oxygen atoms in total. The van der Waals surface area contributed by atoms with Crippen LogP contribution >= 0.6 is 0 Å². The predicted molar refractivity (Wildman–Crippen MR) is 97.5 cm³/mol. The van der Waals surface area contributed by atoms with Crippen LogP contribution in [-0.2, 0) is 37.3 Å². The summed E-state index contributed by atoms with van der Waals surface area (Å²) in [6, 6.07) is 9.03. The molecule has 0 aromatic heterocycles. The summed E-state index contributed by atoms with van der Waals surface area (Å²) in [6.45, 7) is 0. The summed E-state index contributed by atoms with van der Waals surface area (Å²) >= 11 is 0. The van der Waals surface area contributed by atoms with Crippen LogP contribution < -0.4 is 59.1 Å². The number of hydrogen-bond donors (Lipinski definition) is 4. The largest absolute Gasteiger partial charge is 1.00 e. The van der Waals surface area contributed by atoms with Crippen molar-refractivity contribution in [3.63, 3.8) is 0 Å². The number of aromatic hydroxyl groups is 2. The van der Waals surface area contributed by atoms with E-state index < -0.39 is 30.9 Å². The van der Waals surface area contributed by atoms with Crippen LogP contribution in [0.25, 0.3) is 10.8 Å². The van der Waals surface area contributed by atoms with E-state index >= 15 is 0 Å². The predicted octanol–water partition coefficient (Wildman–Crippen LogP) is -2.83. The third kappa shape index (κ3) is 7.22. The maximum Gasteiger partial charge on any atom is 1.00 e. The van der Waals surface area contributed by atoms with Crippen LogP contribution in [0.1, 0.15) is 0 Å². The summed E-state index contributed by atoms with van der Waals surface area (Å²) in [7, 11) is -8.96. The van der Waals surface area contributed by atoms with Crippen LogP contribution in [-0.4, -0.2) is 36.2 Å². The smallest absolute Gasteiger partial charge is 0.506 e. The molecule has 0 saturated heterocycles. The van der Waals surface area contributed by atoms with Gasteiger partial charge in [-0.3, -0.25) is 9.11 Å². The molecule has 3 rings (SSSR count). The van der Waals surface area contributed by atoms with Gasteiger partial charge in [-0.25, -0.2) is 0 Å². The molecule has 1 radical (unpaired) electrons. The molecule has 3 aromatic rings. The maximum absolute atomic E-state index is 11.3. The van der Waals surface area contributed by atoms with Gasteiger partial charge in [0.25, 0.3) is 20.2 Å². The van der Waals surface area contributed by atoms with Crippen molar-refractivity contribution in [1.82, 2.24) is 0 Å². The monoisotopic (exact) mass is 533 g/mol. The molecule has 0 spiro atoms. The summed E-state index contributed by atoms with van der Waals surface area (Å²) in [5.41, 5.74) is -0.378. The van der Waals surface area contributed by atoms with Crippen LogP contribution in [0.3, 0.4) is 0 Å². The molecular weight excluding hydrogens is 522 g/mol. The Balaban J connectivity index is 0.00000300. The molecule has 0 bridgehead atoms. The second kappa shape index (κ2) is 11.5. The molecule has 0 fully saturated rings. The maximum atomic E-state index is 11.3. The third-order valence-corrected chi connectivity index (χ3v) is 5.44. The van der Waals surface area contributed by atoms with E-state index in [9.17, 15) is 27.0 Å². The minimum absolute atomic E-state index is 0. The van der Waals surface area contributed by atoms with E-state index in [2.05, 4.69) is 10.2 Å². The summed E-state index contributed by atoms with van der Waals surface area (Å²) in [4.78, 5) is -0.869. The fourth-order valence-corrected chi connectivity index (χ4v) is 3.41. The van der Waals surface area contributed by atoms with E-state index in [0.717, 1.165) is 24.3 Å². The van der Waals surface area contributed by atoms with Gasteiger partial charge in [-0.05, 0) is 41.8 Å². The zero-order chi connectivity index (χ0) is 20.7. The van der Waals surface area contributed by atoms with Crippen molar-refractivity contribution in [2.24, 2.45) is 10.2 Å². The first-order valence-corrected chi connectivity index (χ1v) is 10.3. The first-order chi connectivity index (χ1) is 13.0. The number of phenols is 2. The van der Waals surface area contributed by atoms with Crippen molar-refractivity contribution in [3.8, 4) is 11.5 Å². The van der Waals surface area contributed by atoms with E-state index in [1.165, 1.54) is 24.3 Å². The summed E-state index contributed by atoms with van der Waals surface area (Å²) < 4.78 is 63.1. The number of fused-ring (bicyclic) bond motifs is 1. The number of benzene rings is 3. The van der Waals surface area contributed by atoms with Gasteiger partial charge in [0.05, 0.1) is 9.79 Å². The number of rotatable bonds is 4. The topological polar surface area (TPSA) is 174 Å². The molecule has 0 aliphatic heterocycles. The molecule has 0 unspecified atom stereocenters. The molecule has 0 heterocycles. The fourth-order valence-electron chi connectivity index (χ4n) is 2.39. The van der Waals surface area contributed by atoms with E-state index in [0.29, 0.717) is 5.39 Å². The van der Waals surface area contributed by atoms with Crippen LogP contribution in [0.5, 0.6) is 11.5 Å². The van der Waals surface area contributed by atoms with Gasteiger partial charge >= 0.3 is 59.1 Å². The number of phenolic OH excluding ortho intramolecular Hbond substituents is 2. The molecule has 0 aliphatic rings. The molecule has 0 aliphatic carbocycles. The van der Waals surface area contributed by atoms with E-state index in [4.69, 9.17) is 9.11 Å². The second-order valence-electron chi connectivity index (χ2n) is 5.62. The van der Waals surface area contributed by atoms with E-state index in [-0.39, 0.29) is 104 Å². The Morgan fingerprint density at radius 3 is 1.77 bits per heavy atom. The van der Waals surface area contributed by atoms with Crippen molar-refractivity contribution in [1.29, 1.82) is 0 Å². The molecule has 157 valence electrons. The van der Waals surface area contributed by atoms with Crippen molar-refractivity contribution < 1.29 is 112 Å². The Bertz CT molecular complexity index is 1350. The van der Waals surface area contributed by atoms with Gasteiger partial charge in [-0.2, -0.15) is 16.8 Å². The molecule has 0 saturated carbocycles. The Labute approximate surface area is 232 Å². The average molecular weight is 534 g/mol. The molecule has 0 atom stereocenters. The molecule has 31 heavy (non-hydrogen) atoms. The van der Waals surface area contributed by atoms with Crippen molar-refractivity contribution >= 4 is 42.4 Å². The minimum Gasteiger partial charge on any atom is -0.506 e. The van der Waals surface area contributed by atoms with E-state index in [1.54, 1.807) is 0 Å². The summed E-state index contributed by atoms with van der Waals surface area (Å²) in [5.74, 6) is -0.745. The quantitative estimate of drug-likeness (QED) is 0.158. The van der Waals surface area contributed by atoms with Gasteiger partial charge in [-0.15, -0.1) is 10.2 Å². The SMILES string of the molecule is O=S(=O)(O)c1ccc(O)c(N=Nc2c(O)ccc3cc(S(=O)(=O)O)ccc23)c1.[Cu].[Na+].[Na+]. The Hall–Kier alpha value is -0.541. The number of azo groups is 1. The molecular formula is C16H12CuN2Na2O8S2+2. The van der Waals surface area contributed by atoms with Gasteiger partial charge in [0.2, 0.25) is 0 Å². The zero-order valence-corrected chi connectivity index (χ0v) is 22.6. The van der Waals surface area contributed by atoms with Crippen molar-refractivity contribution in [2.75, 3.05) is 0 Å². The molecule has 4 N–H and O–H groups in total. The summed E-state index contributed by atoms with van der Waals surface area (Å²) in [5, 5.41) is 28.0. The van der Waals surface area contributed by atoms with Gasteiger partial charge in [0.15, 0.2) is 0 Å². The number of nitrogens with zero attached hydrogens (tertiary/aromatic N) is 2.